The van der Waals surface area contributed by atoms with Crippen LogP contribution in [0.2, 0.25) is 10.0 Å². The van der Waals surface area contributed by atoms with Gasteiger partial charge in [-0.05, 0) is 29.8 Å². The molecule has 21 heavy (non-hydrogen) atoms. The molecule has 0 radical (unpaired) electrons. The number of halogens is 2. The molecule has 0 saturated carbocycles. The Bertz CT molecular complexity index is 787. The first-order valence-electron chi connectivity index (χ1n) is 6.69. The quantitative estimate of drug-likeness (QED) is 0.755. The van der Waals surface area contributed by atoms with Crippen molar-refractivity contribution in [3.05, 3.63) is 75.9 Å². The normalized spacial score (nSPS) is 12.5. The fraction of sp³-hybridized carbons (Fsp3) is 0.118. The lowest BCUT2D eigenvalue weighted by molar-refractivity contribution is 0.709. The van der Waals surface area contributed by atoms with E-state index in [2.05, 4.69) is 11.1 Å². The molecule has 0 aliphatic carbocycles. The first kappa shape index (κ1) is 14.3. The van der Waals surface area contributed by atoms with Gasteiger partial charge in [0.25, 0.3) is 0 Å². The maximum atomic E-state index is 6.25. The molecular weight excluding hydrogens is 303 g/mol. The van der Waals surface area contributed by atoms with Crippen LogP contribution in [0.15, 0.2) is 54.6 Å². The Balaban J connectivity index is 1.85. The van der Waals surface area contributed by atoms with E-state index in [0.29, 0.717) is 16.5 Å². The van der Waals surface area contributed by atoms with Gasteiger partial charge in [-0.25, -0.2) is 0 Å². The highest BCUT2D eigenvalue weighted by molar-refractivity contribution is 6.42. The van der Waals surface area contributed by atoms with Crippen molar-refractivity contribution in [1.82, 2.24) is 4.98 Å². The monoisotopic (exact) mass is 316 g/mol. The molecule has 0 aliphatic rings. The summed E-state index contributed by atoms with van der Waals surface area (Å²) in [6.07, 6.45) is 0.656. The summed E-state index contributed by atoms with van der Waals surface area (Å²) in [6, 6.07) is 17.5. The molecule has 3 rings (SSSR count). The van der Waals surface area contributed by atoms with Crippen molar-refractivity contribution in [2.45, 2.75) is 12.5 Å². The molecule has 0 amide bonds. The first-order valence-corrected chi connectivity index (χ1v) is 7.44. The van der Waals surface area contributed by atoms with Crippen molar-refractivity contribution in [1.29, 1.82) is 0 Å². The van der Waals surface area contributed by atoms with Gasteiger partial charge in [0, 0.05) is 23.5 Å². The van der Waals surface area contributed by atoms with Gasteiger partial charge in [0.05, 0.1) is 15.6 Å². The molecule has 3 aromatic rings. The van der Waals surface area contributed by atoms with Crippen LogP contribution >= 0.6 is 23.2 Å². The van der Waals surface area contributed by atoms with E-state index in [1.165, 1.54) is 0 Å². The minimum atomic E-state index is -0.159. The summed E-state index contributed by atoms with van der Waals surface area (Å²) in [5.41, 5.74) is 9.15. The van der Waals surface area contributed by atoms with Gasteiger partial charge in [0.1, 0.15) is 0 Å². The molecule has 2 nitrogen and oxygen atoms in total. The molecule has 2 aromatic carbocycles. The highest BCUT2D eigenvalue weighted by Gasteiger charge is 2.10. The van der Waals surface area contributed by atoms with E-state index in [-0.39, 0.29) is 6.04 Å². The van der Waals surface area contributed by atoms with E-state index in [0.717, 1.165) is 22.2 Å². The second kappa shape index (κ2) is 6.02. The summed E-state index contributed by atoms with van der Waals surface area (Å²) in [7, 11) is 0. The number of nitrogens with zero attached hydrogens (tertiary/aromatic N) is 1. The maximum Gasteiger partial charge on any atom is 0.0705 e. The molecule has 1 aromatic heterocycles. The average molecular weight is 317 g/mol. The van der Waals surface area contributed by atoms with Gasteiger partial charge in [-0.2, -0.15) is 0 Å². The van der Waals surface area contributed by atoms with Crippen LogP contribution < -0.4 is 5.73 Å². The van der Waals surface area contributed by atoms with Crippen molar-refractivity contribution in [3.8, 4) is 0 Å². The van der Waals surface area contributed by atoms with E-state index < -0.39 is 0 Å². The number of nitrogens with two attached hydrogens (primary N) is 1. The Hall–Kier alpha value is -1.61. The number of fused-ring (bicyclic) bond motifs is 1. The predicted molar refractivity (Wildman–Crippen MR) is 88.8 cm³/mol. The van der Waals surface area contributed by atoms with E-state index in [9.17, 15) is 0 Å². The third-order valence-electron chi connectivity index (χ3n) is 3.46. The zero-order chi connectivity index (χ0) is 14.8. The van der Waals surface area contributed by atoms with Crippen LogP contribution in [0.25, 0.3) is 10.9 Å². The van der Waals surface area contributed by atoms with Crippen molar-refractivity contribution in [2.75, 3.05) is 0 Å². The summed E-state index contributed by atoms with van der Waals surface area (Å²) in [4.78, 5) is 4.64. The smallest absolute Gasteiger partial charge is 0.0705 e. The molecule has 1 unspecified atom stereocenters. The number of hydrogen-bond donors (Lipinski definition) is 1. The number of hydrogen-bond acceptors (Lipinski definition) is 2. The highest BCUT2D eigenvalue weighted by Crippen LogP contribution is 2.26. The Labute approximate surface area is 133 Å². The second-order valence-electron chi connectivity index (χ2n) is 4.98. The molecule has 0 aliphatic heterocycles. The Morgan fingerprint density at radius 3 is 2.57 bits per heavy atom. The fourth-order valence-corrected chi connectivity index (χ4v) is 2.61. The predicted octanol–water partition coefficient (Wildman–Crippen LogP) is 4.78. The van der Waals surface area contributed by atoms with Crippen LogP contribution in [-0.4, -0.2) is 4.98 Å². The molecule has 1 heterocycles. The van der Waals surface area contributed by atoms with E-state index in [4.69, 9.17) is 28.9 Å². The van der Waals surface area contributed by atoms with Crippen LogP contribution in [0.3, 0.4) is 0 Å². The lowest BCUT2D eigenvalue weighted by Gasteiger charge is -2.13. The zero-order valence-electron chi connectivity index (χ0n) is 11.3. The van der Waals surface area contributed by atoms with Gasteiger partial charge in [-0.3, -0.25) is 4.98 Å². The number of aromatic nitrogens is 1. The van der Waals surface area contributed by atoms with Gasteiger partial charge in [0.15, 0.2) is 0 Å². The Kier molecular flexibility index (Phi) is 4.11. The van der Waals surface area contributed by atoms with Gasteiger partial charge >= 0.3 is 0 Å². The summed E-state index contributed by atoms with van der Waals surface area (Å²) in [5, 5.41) is 2.19. The number of benzene rings is 2. The Morgan fingerprint density at radius 1 is 0.952 bits per heavy atom. The molecule has 1 atom stereocenters. The zero-order valence-corrected chi connectivity index (χ0v) is 12.8. The third kappa shape index (κ3) is 3.18. The molecular formula is C17H14Cl2N2. The molecule has 4 heteroatoms. The molecule has 0 spiro atoms. The standard InChI is InChI=1S/C17H14Cl2N2/c18-14-8-6-12(9-15(14)19)16(20)10-13-7-5-11-3-1-2-4-17(11)21-13/h1-9,16H,10,20H2. The average Bonchev–Trinajstić information content (AvgIpc) is 2.50. The highest BCUT2D eigenvalue weighted by atomic mass is 35.5. The van der Waals surface area contributed by atoms with Gasteiger partial charge in [0.2, 0.25) is 0 Å². The molecule has 106 valence electrons. The van der Waals surface area contributed by atoms with Crippen LogP contribution in [0.5, 0.6) is 0 Å². The lowest BCUT2D eigenvalue weighted by atomic mass is 10.0. The summed E-state index contributed by atoms with van der Waals surface area (Å²) in [5.74, 6) is 0. The van der Waals surface area contributed by atoms with Crippen molar-refractivity contribution < 1.29 is 0 Å². The number of rotatable bonds is 3. The van der Waals surface area contributed by atoms with Crippen LogP contribution in [0.1, 0.15) is 17.3 Å². The minimum absolute atomic E-state index is 0.159. The van der Waals surface area contributed by atoms with Crippen LogP contribution in [0, 0.1) is 0 Å². The van der Waals surface area contributed by atoms with Crippen molar-refractivity contribution in [2.24, 2.45) is 5.73 Å². The summed E-state index contributed by atoms with van der Waals surface area (Å²) < 4.78 is 0. The van der Waals surface area contributed by atoms with Crippen LogP contribution in [0.4, 0.5) is 0 Å². The molecule has 0 saturated heterocycles. The van der Waals surface area contributed by atoms with E-state index >= 15 is 0 Å². The fourth-order valence-electron chi connectivity index (χ4n) is 2.31. The van der Waals surface area contributed by atoms with Gasteiger partial charge in [-0.15, -0.1) is 0 Å². The molecule has 2 N–H and O–H groups in total. The number of para-hydroxylation sites is 1. The summed E-state index contributed by atoms with van der Waals surface area (Å²) >= 11 is 12.0. The molecule has 0 fully saturated rings. The van der Waals surface area contributed by atoms with Crippen molar-refractivity contribution >= 4 is 34.1 Å². The number of pyridine rings is 1. The van der Waals surface area contributed by atoms with E-state index in [1.807, 2.05) is 42.5 Å². The first-order chi connectivity index (χ1) is 10.1. The van der Waals surface area contributed by atoms with E-state index in [1.54, 1.807) is 6.07 Å². The minimum Gasteiger partial charge on any atom is -0.324 e. The maximum absolute atomic E-state index is 6.25. The summed E-state index contributed by atoms with van der Waals surface area (Å²) in [6.45, 7) is 0. The SMILES string of the molecule is NC(Cc1ccc2ccccc2n1)c1ccc(Cl)c(Cl)c1. The lowest BCUT2D eigenvalue weighted by Crippen LogP contribution is -2.14. The van der Waals surface area contributed by atoms with Crippen molar-refractivity contribution in [3.63, 3.8) is 0 Å². The topological polar surface area (TPSA) is 38.9 Å². The largest absolute Gasteiger partial charge is 0.324 e. The van der Waals surface area contributed by atoms with Crippen LogP contribution in [-0.2, 0) is 6.42 Å². The van der Waals surface area contributed by atoms with Gasteiger partial charge in [-0.1, -0.05) is 53.5 Å². The molecule has 0 bridgehead atoms. The van der Waals surface area contributed by atoms with Gasteiger partial charge < -0.3 is 5.73 Å². The Morgan fingerprint density at radius 2 is 1.76 bits per heavy atom. The third-order valence-corrected chi connectivity index (χ3v) is 4.20. The second-order valence-corrected chi connectivity index (χ2v) is 5.79.